The molecule has 0 saturated heterocycles. The van der Waals surface area contributed by atoms with Crippen molar-refractivity contribution in [3.05, 3.63) is 27.7 Å². The van der Waals surface area contributed by atoms with E-state index in [4.69, 9.17) is 23.2 Å². The maximum absolute atomic E-state index is 12.4. The fourth-order valence-electron chi connectivity index (χ4n) is 2.01. The minimum Gasteiger partial charge on any atom is -0.316 e. The van der Waals surface area contributed by atoms with Crippen LogP contribution in [0, 0.1) is 5.92 Å². The number of hydrogen-bond donors (Lipinski definition) is 2. The summed E-state index contributed by atoms with van der Waals surface area (Å²) in [5, 5.41) is 3.56. The maximum atomic E-state index is 12.4. The van der Waals surface area contributed by atoms with E-state index in [1.807, 2.05) is 13.8 Å². The molecule has 1 aromatic carbocycles. The van der Waals surface area contributed by atoms with Gasteiger partial charge in [-0.3, -0.25) is 0 Å². The Morgan fingerprint density at radius 3 is 2.33 bits per heavy atom. The molecule has 0 fully saturated rings. The Balaban J connectivity index is 3.06. The van der Waals surface area contributed by atoms with Gasteiger partial charge in [0.05, 0.1) is 5.02 Å². The van der Waals surface area contributed by atoms with Crippen LogP contribution < -0.4 is 10.0 Å². The Morgan fingerprint density at radius 2 is 1.81 bits per heavy atom. The van der Waals surface area contributed by atoms with Crippen LogP contribution in [-0.4, -0.2) is 22.0 Å². The number of hydrogen-bond acceptors (Lipinski definition) is 3. The van der Waals surface area contributed by atoms with Gasteiger partial charge in [0, 0.05) is 23.7 Å². The molecule has 0 radical (unpaired) electrons. The zero-order chi connectivity index (χ0) is 16.0. The number of rotatable bonds is 8. The summed E-state index contributed by atoms with van der Waals surface area (Å²) in [5.41, 5.74) is 0.589. The first-order valence-electron chi connectivity index (χ1n) is 6.98. The normalized spacial score (nSPS) is 12.1. The molecule has 7 heteroatoms. The Kier molecular flexibility index (Phi) is 7.44. The van der Waals surface area contributed by atoms with E-state index in [9.17, 15) is 8.42 Å². The summed E-state index contributed by atoms with van der Waals surface area (Å²) in [4.78, 5) is 0.0739. The minimum atomic E-state index is -3.63. The molecule has 0 heterocycles. The van der Waals surface area contributed by atoms with Crippen molar-refractivity contribution in [2.75, 3.05) is 13.6 Å². The molecule has 0 spiro atoms. The van der Waals surface area contributed by atoms with Crippen molar-refractivity contribution < 1.29 is 8.42 Å². The first-order chi connectivity index (χ1) is 9.87. The highest BCUT2D eigenvalue weighted by molar-refractivity contribution is 7.89. The quantitative estimate of drug-likeness (QED) is 0.753. The van der Waals surface area contributed by atoms with Crippen molar-refractivity contribution in [1.29, 1.82) is 0 Å². The fraction of sp³-hybridized carbons (Fsp3) is 0.571. The molecular weight excluding hydrogens is 331 g/mol. The van der Waals surface area contributed by atoms with Crippen LogP contribution in [0.2, 0.25) is 10.0 Å². The molecule has 0 atom stereocenters. The van der Waals surface area contributed by atoms with E-state index < -0.39 is 10.0 Å². The van der Waals surface area contributed by atoms with Gasteiger partial charge in [-0.2, -0.15) is 0 Å². The van der Waals surface area contributed by atoms with Gasteiger partial charge in [0.1, 0.15) is 4.90 Å². The largest absolute Gasteiger partial charge is 0.316 e. The van der Waals surface area contributed by atoms with Crippen molar-refractivity contribution in [1.82, 2.24) is 10.0 Å². The predicted octanol–water partition coefficient (Wildman–Crippen LogP) is 3.43. The van der Waals surface area contributed by atoms with Gasteiger partial charge in [-0.05, 0) is 25.1 Å². The van der Waals surface area contributed by atoms with Gasteiger partial charge in [0.2, 0.25) is 10.0 Å². The topological polar surface area (TPSA) is 58.2 Å². The van der Waals surface area contributed by atoms with Crippen LogP contribution in [0.3, 0.4) is 0 Å². The molecule has 0 aliphatic carbocycles. The monoisotopic (exact) mass is 352 g/mol. The predicted molar refractivity (Wildman–Crippen MR) is 88.5 cm³/mol. The number of benzene rings is 1. The molecule has 120 valence electrons. The second kappa shape index (κ2) is 8.34. The van der Waals surface area contributed by atoms with Crippen LogP contribution in [0.15, 0.2) is 17.0 Å². The molecular formula is C14H22Cl2N2O2S. The Labute approximate surface area is 137 Å². The van der Waals surface area contributed by atoms with Crippen LogP contribution in [-0.2, 0) is 16.6 Å². The van der Waals surface area contributed by atoms with Crippen molar-refractivity contribution in [3.8, 4) is 0 Å². The lowest BCUT2D eigenvalue weighted by molar-refractivity contribution is 0.479. The molecule has 0 saturated carbocycles. The standard InChI is InChI=1S/C14H22Cl2N2O2S/c1-4-10(5-2)8-18-21(19,20)13-7-6-12(15)11(9-17-3)14(13)16/h6-7,10,17-18H,4-5,8-9H2,1-3H3. The summed E-state index contributed by atoms with van der Waals surface area (Å²) in [6.07, 6.45) is 1.86. The fourth-order valence-corrected chi connectivity index (χ4v) is 4.03. The van der Waals surface area contributed by atoms with Crippen LogP contribution in [0.1, 0.15) is 32.3 Å². The van der Waals surface area contributed by atoms with Gasteiger partial charge in [-0.25, -0.2) is 13.1 Å². The third-order valence-corrected chi connectivity index (χ3v) is 5.87. The van der Waals surface area contributed by atoms with Crippen molar-refractivity contribution in [2.45, 2.75) is 38.1 Å². The lowest BCUT2D eigenvalue weighted by Crippen LogP contribution is -2.29. The van der Waals surface area contributed by atoms with E-state index in [2.05, 4.69) is 10.0 Å². The lowest BCUT2D eigenvalue weighted by atomic mass is 10.0. The van der Waals surface area contributed by atoms with Gasteiger partial charge in [-0.1, -0.05) is 49.9 Å². The highest BCUT2D eigenvalue weighted by Gasteiger charge is 2.22. The molecule has 0 unspecified atom stereocenters. The molecule has 0 bridgehead atoms. The Bertz CT molecular complexity index is 573. The van der Waals surface area contributed by atoms with E-state index >= 15 is 0 Å². The third kappa shape index (κ3) is 4.83. The number of nitrogens with one attached hydrogen (secondary N) is 2. The van der Waals surface area contributed by atoms with Crippen LogP contribution in [0.25, 0.3) is 0 Å². The molecule has 2 N–H and O–H groups in total. The highest BCUT2D eigenvalue weighted by Crippen LogP contribution is 2.31. The average molecular weight is 353 g/mol. The molecule has 0 aliphatic rings. The molecule has 1 aromatic rings. The lowest BCUT2D eigenvalue weighted by Gasteiger charge is -2.16. The SMILES string of the molecule is CCC(CC)CNS(=O)(=O)c1ccc(Cl)c(CNC)c1Cl. The smallest absolute Gasteiger partial charge is 0.242 e. The molecule has 4 nitrogen and oxygen atoms in total. The first-order valence-corrected chi connectivity index (χ1v) is 9.22. The summed E-state index contributed by atoms with van der Waals surface area (Å²) in [7, 11) is -1.88. The van der Waals surface area contributed by atoms with Gasteiger partial charge >= 0.3 is 0 Å². The van der Waals surface area contributed by atoms with Crippen molar-refractivity contribution in [3.63, 3.8) is 0 Å². The molecule has 1 rings (SSSR count). The van der Waals surface area contributed by atoms with Crippen molar-refractivity contribution in [2.24, 2.45) is 5.92 Å². The second-order valence-electron chi connectivity index (χ2n) is 4.90. The number of halogens is 2. The van der Waals surface area contributed by atoms with E-state index in [1.54, 1.807) is 13.1 Å². The number of sulfonamides is 1. The van der Waals surface area contributed by atoms with Crippen LogP contribution in [0.5, 0.6) is 0 Å². The summed E-state index contributed by atoms with van der Waals surface area (Å²) >= 11 is 12.3. The Hall–Kier alpha value is -0.330. The highest BCUT2D eigenvalue weighted by atomic mass is 35.5. The minimum absolute atomic E-state index is 0.0739. The molecule has 0 amide bonds. The van der Waals surface area contributed by atoms with E-state index in [-0.39, 0.29) is 9.92 Å². The summed E-state index contributed by atoms with van der Waals surface area (Å²) in [6, 6.07) is 3.00. The third-order valence-electron chi connectivity index (χ3n) is 3.51. The molecule has 0 aromatic heterocycles. The van der Waals surface area contributed by atoms with E-state index in [0.29, 0.717) is 29.6 Å². The zero-order valence-corrected chi connectivity index (χ0v) is 14.9. The van der Waals surface area contributed by atoms with Crippen molar-refractivity contribution >= 4 is 33.2 Å². The van der Waals surface area contributed by atoms with E-state index in [0.717, 1.165) is 12.8 Å². The summed E-state index contributed by atoms with van der Waals surface area (Å²) < 4.78 is 27.4. The van der Waals surface area contributed by atoms with E-state index in [1.165, 1.54) is 6.07 Å². The van der Waals surface area contributed by atoms with Gasteiger partial charge < -0.3 is 5.32 Å². The molecule has 21 heavy (non-hydrogen) atoms. The summed E-state index contributed by atoms with van der Waals surface area (Å²) in [5.74, 6) is 0.322. The zero-order valence-electron chi connectivity index (χ0n) is 12.5. The van der Waals surface area contributed by atoms with Gasteiger partial charge in [0.25, 0.3) is 0 Å². The Morgan fingerprint density at radius 1 is 1.19 bits per heavy atom. The second-order valence-corrected chi connectivity index (χ2v) is 7.42. The average Bonchev–Trinajstić information content (AvgIpc) is 2.44. The summed E-state index contributed by atoms with van der Waals surface area (Å²) in [6.45, 7) is 4.91. The maximum Gasteiger partial charge on any atom is 0.242 e. The molecule has 0 aliphatic heterocycles. The van der Waals surface area contributed by atoms with Crippen LogP contribution >= 0.6 is 23.2 Å². The van der Waals surface area contributed by atoms with Gasteiger partial charge in [-0.15, -0.1) is 0 Å². The van der Waals surface area contributed by atoms with Gasteiger partial charge in [0.15, 0.2) is 0 Å². The first kappa shape index (κ1) is 18.7. The van der Waals surface area contributed by atoms with Crippen LogP contribution in [0.4, 0.5) is 0 Å².